The van der Waals surface area contributed by atoms with Gasteiger partial charge in [0, 0.05) is 28.5 Å². The van der Waals surface area contributed by atoms with E-state index in [0.29, 0.717) is 42.6 Å². The lowest BCUT2D eigenvalue weighted by molar-refractivity contribution is -0.111. The highest BCUT2D eigenvalue weighted by atomic mass is 19.1. The number of benzene rings is 2. The minimum absolute atomic E-state index is 0.0323. The van der Waals surface area contributed by atoms with E-state index in [4.69, 9.17) is 15.0 Å². The Morgan fingerprint density at radius 3 is 2.69 bits per heavy atom. The van der Waals surface area contributed by atoms with Crippen molar-refractivity contribution in [2.75, 3.05) is 42.3 Å². The van der Waals surface area contributed by atoms with Crippen LogP contribution in [0.3, 0.4) is 0 Å². The van der Waals surface area contributed by atoms with Crippen molar-refractivity contribution in [3.8, 4) is 5.75 Å². The summed E-state index contributed by atoms with van der Waals surface area (Å²) in [6.07, 6.45) is 2.21. The highest BCUT2D eigenvalue weighted by Crippen LogP contribution is 2.23. The SMILES string of the molecule is C=CC(=O)Nc1cccc(Nc2nc(Nc3ccc(OCCOCCN=[N+]=[N-])cc3)ncc2F)c1. The number of azide groups is 1. The van der Waals surface area contributed by atoms with E-state index < -0.39 is 5.82 Å². The summed E-state index contributed by atoms with van der Waals surface area (Å²) in [5, 5.41) is 11.9. The number of nitrogens with zero attached hydrogens (tertiary/aromatic N) is 5. The number of aromatic nitrogens is 2. The first-order valence-corrected chi connectivity index (χ1v) is 10.5. The molecule has 0 spiro atoms. The zero-order valence-electron chi connectivity index (χ0n) is 18.6. The molecule has 1 heterocycles. The van der Waals surface area contributed by atoms with Crippen molar-refractivity contribution >= 4 is 34.7 Å². The zero-order valence-corrected chi connectivity index (χ0v) is 18.6. The van der Waals surface area contributed by atoms with Crippen LogP contribution in [0, 0.1) is 5.82 Å². The van der Waals surface area contributed by atoms with Crippen LogP contribution in [0.1, 0.15) is 0 Å². The Kier molecular flexibility index (Phi) is 9.37. The number of rotatable bonds is 13. The molecule has 0 unspecified atom stereocenters. The fourth-order valence-corrected chi connectivity index (χ4v) is 2.75. The van der Waals surface area contributed by atoms with Crippen molar-refractivity contribution in [3.05, 3.63) is 83.6 Å². The number of amides is 1. The first-order chi connectivity index (χ1) is 17.1. The summed E-state index contributed by atoms with van der Waals surface area (Å²) in [5.41, 5.74) is 9.92. The molecular formula is C23H23FN8O3. The Morgan fingerprint density at radius 1 is 1.11 bits per heavy atom. The summed E-state index contributed by atoms with van der Waals surface area (Å²) < 4.78 is 25.2. The first-order valence-electron chi connectivity index (χ1n) is 10.5. The molecule has 180 valence electrons. The van der Waals surface area contributed by atoms with E-state index in [9.17, 15) is 9.18 Å². The average Bonchev–Trinajstić information content (AvgIpc) is 2.86. The third-order valence-electron chi connectivity index (χ3n) is 4.33. The van der Waals surface area contributed by atoms with Crippen LogP contribution in [-0.2, 0) is 9.53 Å². The fourth-order valence-electron chi connectivity index (χ4n) is 2.75. The minimum atomic E-state index is -0.638. The number of hydrogen-bond acceptors (Lipinski definition) is 8. The van der Waals surface area contributed by atoms with Crippen LogP contribution in [0.5, 0.6) is 5.75 Å². The third-order valence-corrected chi connectivity index (χ3v) is 4.33. The third kappa shape index (κ3) is 8.31. The molecule has 0 fully saturated rings. The van der Waals surface area contributed by atoms with Crippen LogP contribution in [0.4, 0.5) is 33.2 Å². The lowest BCUT2D eigenvalue weighted by Crippen LogP contribution is -2.08. The lowest BCUT2D eigenvalue weighted by Gasteiger charge is -2.11. The number of carbonyl (C=O) groups is 1. The molecule has 3 rings (SSSR count). The van der Waals surface area contributed by atoms with Gasteiger partial charge in [-0.25, -0.2) is 9.37 Å². The van der Waals surface area contributed by atoms with E-state index in [1.807, 2.05) is 0 Å². The Bertz CT molecular complexity index is 1200. The molecule has 0 aliphatic heterocycles. The summed E-state index contributed by atoms with van der Waals surface area (Å²) in [6.45, 7) is 4.73. The first kappa shape index (κ1) is 25.0. The van der Waals surface area contributed by atoms with Gasteiger partial charge in [-0.1, -0.05) is 17.8 Å². The smallest absolute Gasteiger partial charge is 0.247 e. The molecular weight excluding hydrogens is 455 g/mol. The number of carbonyl (C=O) groups excluding carboxylic acids is 1. The summed E-state index contributed by atoms with van der Waals surface area (Å²) in [5.74, 6) is -0.197. The number of nitrogens with one attached hydrogen (secondary N) is 3. The molecule has 0 saturated carbocycles. The Balaban J connectivity index is 1.56. The largest absolute Gasteiger partial charge is 0.491 e. The quantitative estimate of drug-likeness (QED) is 0.104. The maximum atomic E-state index is 14.3. The number of halogens is 1. The van der Waals surface area contributed by atoms with Crippen molar-refractivity contribution < 1.29 is 18.7 Å². The van der Waals surface area contributed by atoms with Gasteiger partial charge in [0.1, 0.15) is 12.4 Å². The van der Waals surface area contributed by atoms with Gasteiger partial charge in [-0.2, -0.15) is 4.98 Å². The highest BCUT2D eigenvalue weighted by molar-refractivity contribution is 5.99. The van der Waals surface area contributed by atoms with E-state index in [-0.39, 0.29) is 24.2 Å². The zero-order chi connectivity index (χ0) is 24.9. The van der Waals surface area contributed by atoms with Gasteiger partial charge in [0.2, 0.25) is 11.9 Å². The second-order valence-corrected chi connectivity index (χ2v) is 6.85. The Morgan fingerprint density at radius 2 is 1.91 bits per heavy atom. The molecule has 11 nitrogen and oxygen atoms in total. The number of hydrogen-bond donors (Lipinski definition) is 3. The normalized spacial score (nSPS) is 10.1. The summed E-state index contributed by atoms with van der Waals surface area (Å²) in [6, 6.07) is 13.8. The average molecular weight is 478 g/mol. The van der Waals surface area contributed by atoms with Crippen molar-refractivity contribution in [2.45, 2.75) is 0 Å². The lowest BCUT2D eigenvalue weighted by atomic mass is 10.2. The predicted molar refractivity (Wildman–Crippen MR) is 131 cm³/mol. The number of anilines is 5. The van der Waals surface area contributed by atoms with Crippen molar-refractivity contribution in [3.63, 3.8) is 0 Å². The maximum Gasteiger partial charge on any atom is 0.247 e. The molecule has 12 heteroatoms. The molecule has 0 radical (unpaired) electrons. The molecule has 0 aliphatic carbocycles. The molecule has 1 aromatic heterocycles. The highest BCUT2D eigenvalue weighted by Gasteiger charge is 2.09. The molecule has 3 N–H and O–H groups in total. The van der Waals surface area contributed by atoms with Crippen LogP contribution >= 0.6 is 0 Å². The van der Waals surface area contributed by atoms with E-state index in [2.05, 4.69) is 42.5 Å². The summed E-state index contributed by atoms with van der Waals surface area (Å²) in [7, 11) is 0. The summed E-state index contributed by atoms with van der Waals surface area (Å²) >= 11 is 0. The van der Waals surface area contributed by atoms with Crippen molar-refractivity contribution in [1.29, 1.82) is 0 Å². The Labute approximate surface area is 200 Å². The van der Waals surface area contributed by atoms with Crippen LogP contribution in [0.2, 0.25) is 0 Å². The molecule has 3 aromatic rings. The topological polar surface area (TPSA) is 146 Å². The van der Waals surface area contributed by atoms with E-state index in [1.165, 1.54) is 0 Å². The van der Waals surface area contributed by atoms with Gasteiger partial charge in [-0.3, -0.25) is 4.79 Å². The van der Waals surface area contributed by atoms with E-state index >= 15 is 0 Å². The van der Waals surface area contributed by atoms with Gasteiger partial charge in [0.05, 0.1) is 19.4 Å². The molecule has 0 saturated heterocycles. The minimum Gasteiger partial charge on any atom is -0.491 e. The maximum absolute atomic E-state index is 14.3. The molecule has 0 bridgehead atoms. The van der Waals surface area contributed by atoms with Crippen LogP contribution in [0.15, 0.2) is 72.5 Å². The van der Waals surface area contributed by atoms with Crippen molar-refractivity contribution in [1.82, 2.24) is 9.97 Å². The molecule has 0 aliphatic rings. The van der Waals surface area contributed by atoms with Gasteiger partial charge in [0.25, 0.3) is 0 Å². The Hall–Kier alpha value is -4.67. The van der Waals surface area contributed by atoms with E-state index in [1.54, 1.807) is 48.5 Å². The second kappa shape index (κ2) is 13.1. The molecule has 2 aromatic carbocycles. The molecule has 0 atom stereocenters. The van der Waals surface area contributed by atoms with Gasteiger partial charge in [-0.15, -0.1) is 0 Å². The van der Waals surface area contributed by atoms with E-state index in [0.717, 1.165) is 12.3 Å². The van der Waals surface area contributed by atoms with Crippen LogP contribution < -0.4 is 20.7 Å². The molecule has 35 heavy (non-hydrogen) atoms. The van der Waals surface area contributed by atoms with Crippen LogP contribution in [-0.4, -0.2) is 42.2 Å². The monoisotopic (exact) mass is 478 g/mol. The predicted octanol–water partition coefficient (Wildman–Crippen LogP) is 4.93. The standard InChI is InChI=1S/C23H23FN8O3/c1-2-21(33)28-17-4-3-5-18(14-17)29-22-20(24)15-26-23(31-22)30-16-6-8-19(9-7-16)35-13-12-34-11-10-27-32-25/h2-9,14-15H,1,10-13H2,(H,28,33)(H2,26,29,30,31). The van der Waals surface area contributed by atoms with Gasteiger partial charge in [0.15, 0.2) is 11.6 Å². The van der Waals surface area contributed by atoms with Gasteiger partial charge in [-0.05, 0) is 54.1 Å². The number of ether oxygens (including phenoxy) is 2. The molecule has 1 amide bonds. The van der Waals surface area contributed by atoms with Gasteiger partial charge < -0.3 is 25.4 Å². The second-order valence-electron chi connectivity index (χ2n) is 6.85. The fraction of sp³-hybridized carbons (Fsp3) is 0.174. The van der Waals surface area contributed by atoms with Crippen molar-refractivity contribution in [2.24, 2.45) is 5.11 Å². The van der Waals surface area contributed by atoms with Gasteiger partial charge >= 0.3 is 0 Å². The summed E-state index contributed by atoms with van der Waals surface area (Å²) in [4.78, 5) is 22.3. The van der Waals surface area contributed by atoms with Crippen LogP contribution in [0.25, 0.3) is 10.4 Å².